The number of nitro benzene ring substituents is 1. The Morgan fingerprint density at radius 1 is 1.03 bits per heavy atom. The lowest BCUT2D eigenvalue weighted by atomic mass is 10.2. The molecule has 10 heteroatoms. The third-order valence-corrected chi connectivity index (χ3v) is 5.21. The highest BCUT2D eigenvalue weighted by Crippen LogP contribution is 2.37. The van der Waals surface area contributed by atoms with Crippen molar-refractivity contribution in [3.05, 3.63) is 92.2 Å². The van der Waals surface area contributed by atoms with Crippen molar-refractivity contribution in [1.29, 1.82) is 0 Å². The minimum Gasteiger partial charge on any atom is -0.493 e. The fraction of sp³-hybridized carbons (Fsp3) is 0.217. The summed E-state index contributed by atoms with van der Waals surface area (Å²) in [6, 6.07) is 16.3. The fourth-order valence-electron chi connectivity index (χ4n) is 2.98. The molecule has 0 aromatic heterocycles. The summed E-state index contributed by atoms with van der Waals surface area (Å²) in [7, 11) is 1.58. The average molecular weight is 541 g/mol. The summed E-state index contributed by atoms with van der Waals surface area (Å²) in [5.41, 5.74) is 2.76. The second kappa shape index (κ2) is 13.0. The number of anilines is 1. The molecule has 0 heterocycles. The van der Waals surface area contributed by atoms with Crippen molar-refractivity contribution in [2.45, 2.75) is 13.2 Å². The smallest absolute Gasteiger partial charge is 0.269 e. The standard InChI is InChI=1S/C23H23BrFN3O4.ClH/c1-31-22-13-17(12-21(24)23(22)32-15-16-2-4-18(25)5-3-16)14-26-10-11-27-19-6-8-20(9-7-19)28(29)30;/h2-9,12-13,26-27H,10-11,14-15H2,1H3;1H. The van der Waals surface area contributed by atoms with Gasteiger partial charge in [-0.15, -0.1) is 12.4 Å². The van der Waals surface area contributed by atoms with Crippen LogP contribution in [-0.4, -0.2) is 25.1 Å². The van der Waals surface area contributed by atoms with E-state index in [9.17, 15) is 14.5 Å². The Balaban J connectivity index is 0.00000385. The van der Waals surface area contributed by atoms with E-state index in [0.29, 0.717) is 37.7 Å². The summed E-state index contributed by atoms with van der Waals surface area (Å²) < 4.78 is 25.2. The molecule has 33 heavy (non-hydrogen) atoms. The van der Waals surface area contributed by atoms with Gasteiger partial charge >= 0.3 is 0 Å². The van der Waals surface area contributed by atoms with Crippen LogP contribution in [0.4, 0.5) is 15.8 Å². The van der Waals surface area contributed by atoms with Crippen LogP contribution < -0.4 is 20.1 Å². The van der Waals surface area contributed by atoms with Gasteiger partial charge in [-0.3, -0.25) is 10.1 Å². The van der Waals surface area contributed by atoms with Crippen molar-refractivity contribution in [2.75, 3.05) is 25.5 Å². The molecule has 0 saturated carbocycles. The van der Waals surface area contributed by atoms with E-state index in [-0.39, 0.29) is 23.9 Å². The van der Waals surface area contributed by atoms with Gasteiger partial charge in [-0.05, 0) is 63.5 Å². The maximum absolute atomic E-state index is 13.1. The normalized spacial score (nSPS) is 10.3. The van der Waals surface area contributed by atoms with Crippen molar-refractivity contribution < 1.29 is 18.8 Å². The molecule has 0 fully saturated rings. The van der Waals surface area contributed by atoms with Gasteiger partial charge in [0.1, 0.15) is 12.4 Å². The number of hydrogen-bond acceptors (Lipinski definition) is 6. The molecule has 2 N–H and O–H groups in total. The molecule has 0 saturated heterocycles. The minimum atomic E-state index is -0.420. The highest BCUT2D eigenvalue weighted by Gasteiger charge is 2.12. The van der Waals surface area contributed by atoms with Crippen molar-refractivity contribution in [3.8, 4) is 11.5 Å². The zero-order valence-corrected chi connectivity index (χ0v) is 20.2. The zero-order valence-electron chi connectivity index (χ0n) is 17.8. The molecule has 0 bridgehead atoms. The predicted molar refractivity (Wildman–Crippen MR) is 132 cm³/mol. The quantitative estimate of drug-likeness (QED) is 0.184. The molecule has 0 radical (unpaired) electrons. The van der Waals surface area contributed by atoms with Gasteiger partial charge in [0.05, 0.1) is 16.5 Å². The van der Waals surface area contributed by atoms with Crippen LogP contribution in [0.2, 0.25) is 0 Å². The van der Waals surface area contributed by atoms with Gasteiger partial charge in [0.25, 0.3) is 5.69 Å². The average Bonchev–Trinajstić information content (AvgIpc) is 2.79. The lowest BCUT2D eigenvalue weighted by molar-refractivity contribution is -0.384. The van der Waals surface area contributed by atoms with E-state index in [4.69, 9.17) is 9.47 Å². The number of nitro groups is 1. The number of non-ortho nitro benzene ring substituents is 1. The fourth-order valence-corrected chi connectivity index (χ4v) is 3.58. The molecule has 0 atom stereocenters. The number of nitrogens with one attached hydrogen (secondary N) is 2. The Labute approximate surface area is 206 Å². The highest BCUT2D eigenvalue weighted by molar-refractivity contribution is 9.10. The first-order chi connectivity index (χ1) is 15.5. The first-order valence-corrected chi connectivity index (χ1v) is 10.7. The van der Waals surface area contributed by atoms with Gasteiger partial charge in [-0.1, -0.05) is 12.1 Å². The van der Waals surface area contributed by atoms with Crippen LogP contribution in [0.5, 0.6) is 11.5 Å². The minimum absolute atomic E-state index is 0. The van der Waals surface area contributed by atoms with Crippen LogP contribution in [0.15, 0.2) is 65.1 Å². The van der Waals surface area contributed by atoms with Gasteiger partial charge in [-0.25, -0.2) is 4.39 Å². The van der Waals surface area contributed by atoms with E-state index in [2.05, 4.69) is 26.6 Å². The van der Waals surface area contributed by atoms with Crippen LogP contribution in [0.25, 0.3) is 0 Å². The summed E-state index contributed by atoms with van der Waals surface area (Å²) in [6.07, 6.45) is 0. The molecule has 176 valence electrons. The molecular formula is C23H24BrClFN3O4. The van der Waals surface area contributed by atoms with Crippen LogP contribution in [0, 0.1) is 15.9 Å². The molecule has 0 aliphatic heterocycles. The summed E-state index contributed by atoms with van der Waals surface area (Å²) in [4.78, 5) is 10.3. The van der Waals surface area contributed by atoms with E-state index in [1.54, 1.807) is 31.4 Å². The SMILES string of the molecule is COc1cc(CNCCNc2ccc([N+](=O)[O-])cc2)cc(Br)c1OCc1ccc(F)cc1.Cl. The number of rotatable bonds is 11. The molecule has 0 spiro atoms. The van der Waals surface area contributed by atoms with E-state index in [0.717, 1.165) is 21.3 Å². The van der Waals surface area contributed by atoms with Crippen molar-refractivity contribution >= 4 is 39.7 Å². The number of benzene rings is 3. The Morgan fingerprint density at radius 2 is 1.73 bits per heavy atom. The molecule has 0 amide bonds. The molecule has 3 aromatic carbocycles. The van der Waals surface area contributed by atoms with E-state index >= 15 is 0 Å². The highest BCUT2D eigenvalue weighted by atomic mass is 79.9. The monoisotopic (exact) mass is 539 g/mol. The summed E-state index contributed by atoms with van der Waals surface area (Å²) in [5, 5.41) is 17.2. The Kier molecular flexibility index (Phi) is 10.4. The summed E-state index contributed by atoms with van der Waals surface area (Å²) in [5.74, 6) is 0.898. The number of hydrogen-bond donors (Lipinski definition) is 2. The molecule has 0 unspecified atom stereocenters. The van der Waals surface area contributed by atoms with Gasteiger partial charge in [0, 0.05) is 37.5 Å². The summed E-state index contributed by atoms with van der Waals surface area (Å²) in [6.45, 7) is 2.27. The summed E-state index contributed by atoms with van der Waals surface area (Å²) >= 11 is 3.54. The van der Waals surface area contributed by atoms with Crippen LogP contribution >= 0.6 is 28.3 Å². The van der Waals surface area contributed by atoms with Crippen LogP contribution in [0.3, 0.4) is 0 Å². The Morgan fingerprint density at radius 3 is 2.36 bits per heavy atom. The second-order valence-electron chi connectivity index (χ2n) is 6.93. The molecule has 7 nitrogen and oxygen atoms in total. The van der Waals surface area contributed by atoms with E-state index in [1.165, 1.54) is 24.3 Å². The molecule has 3 rings (SSSR count). The third-order valence-electron chi connectivity index (χ3n) is 4.62. The van der Waals surface area contributed by atoms with Crippen molar-refractivity contribution in [2.24, 2.45) is 0 Å². The number of ether oxygens (including phenoxy) is 2. The van der Waals surface area contributed by atoms with Crippen LogP contribution in [-0.2, 0) is 13.2 Å². The predicted octanol–water partition coefficient (Wildman–Crippen LogP) is 5.71. The molecule has 0 aliphatic carbocycles. The first kappa shape index (κ1) is 26.4. The lowest BCUT2D eigenvalue weighted by Crippen LogP contribution is -2.21. The largest absolute Gasteiger partial charge is 0.493 e. The van der Waals surface area contributed by atoms with Gasteiger partial charge in [0.15, 0.2) is 11.5 Å². The molecular weight excluding hydrogens is 517 g/mol. The maximum Gasteiger partial charge on any atom is 0.269 e. The molecule has 3 aromatic rings. The van der Waals surface area contributed by atoms with Crippen molar-refractivity contribution in [3.63, 3.8) is 0 Å². The van der Waals surface area contributed by atoms with E-state index in [1.807, 2.05) is 12.1 Å². The molecule has 0 aliphatic rings. The topological polar surface area (TPSA) is 85.7 Å². The lowest BCUT2D eigenvalue weighted by Gasteiger charge is -2.15. The van der Waals surface area contributed by atoms with Gasteiger partial charge in [-0.2, -0.15) is 0 Å². The zero-order chi connectivity index (χ0) is 22.9. The van der Waals surface area contributed by atoms with Gasteiger partial charge in [0.2, 0.25) is 0 Å². The first-order valence-electron chi connectivity index (χ1n) is 9.89. The Bertz CT molecular complexity index is 1050. The number of halogens is 3. The maximum atomic E-state index is 13.1. The van der Waals surface area contributed by atoms with Crippen molar-refractivity contribution in [1.82, 2.24) is 5.32 Å². The second-order valence-corrected chi connectivity index (χ2v) is 7.79. The van der Waals surface area contributed by atoms with Gasteiger partial charge < -0.3 is 20.1 Å². The third kappa shape index (κ3) is 7.88. The number of methoxy groups -OCH3 is 1. The Hall–Kier alpha value is -2.88. The number of nitrogens with zero attached hydrogens (tertiary/aromatic N) is 1. The van der Waals surface area contributed by atoms with Crippen LogP contribution in [0.1, 0.15) is 11.1 Å². The van der Waals surface area contributed by atoms with E-state index < -0.39 is 4.92 Å².